The molecule has 2 nitrogen and oxygen atoms in total. The topological polar surface area (TPSA) is 37.3 Å². The van der Waals surface area contributed by atoms with Crippen LogP contribution in [0.4, 0.5) is 0 Å². The zero-order chi connectivity index (χ0) is 10.2. The SMILES string of the molecule is CCCCC1(C(=O)O)CC2CCC1C2. The van der Waals surface area contributed by atoms with E-state index >= 15 is 0 Å². The first kappa shape index (κ1) is 10.0. The molecule has 0 saturated heterocycles. The van der Waals surface area contributed by atoms with Crippen molar-refractivity contribution in [2.45, 2.75) is 51.9 Å². The molecule has 0 aromatic carbocycles. The second-order valence-electron chi connectivity index (χ2n) is 5.14. The molecule has 0 aromatic rings. The highest BCUT2D eigenvalue weighted by Crippen LogP contribution is 2.58. The lowest BCUT2D eigenvalue weighted by Crippen LogP contribution is -2.36. The smallest absolute Gasteiger partial charge is 0.309 e. The van der Waals surface area contributed by atoms with Crippen molar-refractivity contribution in [2.75, 3.05) is 0 Å². The van der Waals surface area contributed by atoms with E-state index in [9.17, 15) is 9.90 Å². The van der Waals surface area contributed by atoms with Gasteiger partial charge in [0, 0.05) is 0 Å². The molecule has 2 aliphatic rings. The van der Waals surface area contributed by atoms with Crippen LogP contribution in [0.2, 0.25) is 0 Å². The quantitative estimate of drug-likeness (QED) is 0.750. The molecule has 2 fully saturated rings. The standard InChI is InChI=1S/C12H20O2/c1-2-3-6-12(11(13)14)8-9-4-5-10(12)7-9/h9-10H,2-8H2,1H3,(H,13,14). The minimum Gasteiger partial charge on any atom is -0.481 e. The number of carboxylic acid groups (broad SMARTS) is 1. The van der Waals surface area contributed by atoms with E-state index in [2.05, 4.69) is 6.92 Å². The van der Waals surface area contributed by atoms with Crippen molar-refractivity contribution in [3.05, 3.63) is 0 Å². The molecule has 2 rings (SSSR count). The van der Waals surface area contributed by atoms with Crippen LogP contribution in [-0.4, -0.2) is 11.1 Å². The molecule has 2 bridgehead atoms. The van der Waals surface area contributed by atoms with Crippen molar-refractivity contribution in [3.8, 4) is 0 Å². The van der Waals surface area contributed by atoms with E-state index in [0.717, 1.165) is 31.6 Å². The molecule has 0 heterocycles. The summed E-state index contributed by atoms with van der Waals surface area (Å²) in [5.41, 5.74) is -0.321. The van der Waals surface area contributed by atoms with Crippen LogP contribution in [0, 0.1) is 17.3 Å². The highest BCUT2D eigenvalue weighted by atomic mass is 16.4. The molecule has 2 saturated carbocycles. The molecule has 0 aliphatic heterocycles. The zero-order valence-corrected chi connectivity index (χ0v) is 8.96. The Bertz CT molecular complexity index is 236. The lowest BCUT2D eigenvalue weighted by atomic mass is 9.70. The Hall–Kier alpha value is -0.530. The number of carbonyl (C=O) groups is 1. The maximum atomic E-state index is 11.4. The number of fused-ring (bicyclic) bond motifs is 2. The van der Waals surface area contributed by atoms with Crippen LogP contribution in [0.15, 0.2) is 0 Å². The Kier molecular flexibility index (Phi) is 2.54. The first-order valence-electron chi connectivity index (χ1n) is 5.92. The Labute approximate surface area is 85.7 Å². The van der Waals surface area contributed by atoms with E-state index < -0.39 is 5.97 Å². The van der Waals surface area contributed by atoms with E-state index in [-0.39, 0.29) is 5.41 Å². The summed E-state index contributed by atoms with van der Waals surface area (Å²) in [5.74, 6) is 0.711. The van der Waals surface area contributed by atoms with Crippen molar-refractivity contribution in [1.29, 1.82) is 0 Å². The molecule has 0 spiro atoms. The summed E-state index contributed by atoms with van der Waals surface area (Å²) in [7, 11) is 0. The minimum absolute atomic E-state index is 0.321. The van der Waals surface area contributed by atoms with Crippen molar-refractivity contribution in [3.63, 3.8) is 0 Å². The van der Waals surface area contributed by atoms with Gasteiger partial charge in [-0.05, 0) is 37.5 Å². The van der Waals surface area contributed by atoms with E-state index in [1.807, 2.05) is 0 Å². The third-order valence-corrected chi connectivity index (χ3v) is 4.38. The first-order chi connectivity index (χ1) is 6.69. The van der Waals surface area contributed by atoms with Gasteiger partial charge in [-0.3, -0.25) is 4.79 Å². The number of aliphatic carboxylic acids is 1. The van der Waals surface area contributed by atoms with Crippen molar-refractivity contribution < 1.29 is 9.90 Å². The molecule has 3 unspecified atom stereocenters. The second-order valence-corrected chi connectivity index (χ2v) is 5.14. The fourth-order valence-electron chi connectivity index (χ4n) is 3.61. The summed E-state index contributed by atoms with van der Waals surface area (Å²) in [6.07, 6.45) is 7.72. The Morgan fingerprint density at radius 2 is 2.29 bits per heavy atom. The molecular formula is C12H20O2. The summed E-state index contributed by atoms with van der Waals surface area (Å²) >= 11 is 0. The monoisotopic (exact) mass is 196 g/mol. The average Bonchev–Trinajstić information content (AvgIpc) is 2.74. The van der Waals surface area contributed by atoms with E-state index in [1.165, 1.54) is 19.3 Å². The summed E-state index contributed by atoms with van der Waals surface area (Å²) in [6, 6.07) is 0. The van der Waals surface area contributed by atoms with Gasteiger partial charge in [0.2, 0.25) is 0 Å². The van der Waals surface area contributed by atoms with Crippen molar-refractivity contribution in [1.82, 2.24) is 0 Å². The fourth-order valence-corrected chi connectivity index (χ4v) is 3.61. The largest absolute Gasteiger partial charge is 0.481 e. The predicted octanol–water partition coefficient (Wildman–Crippen LogP) is 3.07. The molecule has 3 atom stereocenters. The van der Waals surface area contributed by atoms with Crippen molar-refractivity contribution >= 4 is 5.97 Å². The van der Waals surface area contributed by atoms with Gasteiger partial charge in [0.1, 0.15) is 0 Å². The molecule has 2 aliphatic carbocycles. The molecular weight excluding hydrogens is 176 g/mol. The first-order valence-corrected chi connectivity index (χ1v) is 5.92. The molecule has 0 amide bonds. The van der Waals surface area contributed by atoms with Crippen LogP contribution in [0.1, 0.15) is 51.9 Å². The Balaban J connectivity index is 2.11. The predicted molar refractivity (Wildman–Crippen MR) is 55.0 cm³/mol. The van der Waals surface area contributed by atoms with Gasteiger partial charge in [-0.15, -0.1) is 0 Å². The van der Waals surface area contributed by atoms with Gasteiger partial charge in [0.05, 0.1) is 5.41 Å². The number of unbranched alkanes of at least 4 members (excludes halogenated alkanes) is 1. The number of carboxylic acids is 1. The molecule has 2 heteroatoms. The average molecular weight is 196 g/mol. The summed E-state index contributed by atoms with van der Waals surface area (Å²) in [6.45, 7) is 2.14. The van der Waals surface area contributed by atoms with Gasteiger partial charge >= 0.3 is 5.97 Å². The molecule has 1 N–H and O–H groups in total. The van der Waals surface area contributed by atoms with E-state index in [1.54, 1.807) is 0 Å². The van der Waals surface area contributed by atoms with Crippen LogP contribution in [-0.2, 0) is 4.79 Å². The summed E-state index contributed by atoms with van der Waals surface area (Å²) in [5, 5.41) is 9.41. The van der Waals surface area contributed by atoms with Gasteiger partial charge in [-0.2, -0.15) is 0 Å². The van der Waals surface area contributed by atoms with Gasteiger partial charge in [-0.1, -0.05) is 26.2 Å². The van der Waals surface area contributed by atoms with Crippen LogP contribution >= 0.6 is 0 Å². The fraction of sp³-hybridized carbons (Fsp3) is 0.917. The number of rotatable bonds is 4. The highest BCUT2D eigenvalue weighted by Gasteiger charge is 2.54. The van der Waals surface area contributed by atoms with Gasteiger partial charge in [-0.25, -0.2) is 0 Å². The third-order valence-electron chi connectivity index (χ3n) is 4.38. The van der Waals surface area contributed by atoms with Crippen LogP contribution in [0.3, 0.4) is 0 Å². The summed E-state index contributed by atoms with van der Waals surface area (Å²) in [4.78, 5) is 11.4. The van der Waals surface area contributed by atoms with E-state index in [4.69, 9.17) is 0 Å². The maximum absolute atomic E-state index is 11.4. The van der Waals surface area contributed by atoms with Gasteiger partial charge in [0.25, 0.3) is 0 Å². The van der Waals surface area contributed by atoms with Crippen molar-refractivity contribution in [2.24, 2.45) is 17.3 Å². The molecule has 0 radical (unpaired) electrons. The lowest BCUT2D eigenvalue weighted by Gasteiger charge is -2.33. The Morgan fingerprint density at radius 3 is 2.71 bits per heavy atom. The maximum Gasteiger partial charge on any atom is 0.309 e. The third kappa shape index (κ3) is 1.35. The van der Waals surface area contributed by atoms with Crippen LogP contribution < -0.4 is 0 Å². The number of hydrogen-bond donors (Lipinski definition) is 1. The number of hydrogen-bond acceptors (Lipinski definition) is 1. The van der Waals surface area contributed by atoms with Gasteiger partial charge < -0.3 is 5.11 Å². The molecule has 0 aromatic heterocycles. The summed E-state index contributed by atoms with van der Waals surface area (Å²) < 4.78 is 0. The van der Waals surface area contributed by atoms with Gasteiger partial charge in [0.15, 0.2) is 0 Å². The Morgan fingerprint density at radius 1 is 1.50 bits per heavy atom. The normalized spacial score (nSPS) is 40.4. The van der Waals surface area contributed by atoms with Crippen LogP contribution in [0.5, 0.6) is 0 Å². The zero-order valence-electron chi connectivity index (χ0n) is 8.96. The highest BCUT2D eigenvalue weighted by molar-refractivity contribution is 5.75. The molecule has 80 valence electrons. The minimum atomic E-state index is -0.516. The van der Waals surface area contributed by atoms with E-state index in [0.29, 0.717) is 5.92 Å². The van der Waals surface area contributed by atoms with Crippen LogP contribution in [0.25, 0.3) is 0 Å². The molecule has 14 heavy (non-hydrogen) atoms. The second kappa shape index (κ2) is 3.56. The lowest BCUT2D eigenvalue weighted by molar-refractivity contribution is -0.153.